The van der Waals surface area contributed by atoms with Crippen LogP contribution in [0.1, 0.15) is 52.7 Å². The molecule has 0 bridgehead atoms. The highest BCUT2D eigenvalue weighted by Crippen LogP contribution is 2.39. The average molecular weight is 277 g/mol. The van der Waals surface area contributed by atoms with Crippen molar-refractivity contribution in [1.82, 2.24) is 4.90 Å². The zero-order valence-corrected chi connectivity index (χ0v) is 14.5. The van der Waals surface area contributed by atoms with Crippen LogP contribution in [0.3, 0.4) is 0 Å². The molecule has 0 N–H and O–H groups in total. The lowest BCUT2D eigenvalue weighted by Crippen LogP contribution is -2.23. The predicted octanol–water partition coefficient (Wildman–Crippen LogP) is 4.22. The highest BCUT2D eigenvalue weighted by molar-refractivity contribution is 5.48. The van der Waals surface area contributed by atoms with Crippen LogP contribution in [0.5, 0.6) is 5.75 Å². The van der Waals surface area contributed by atoms with Crippen LogP contribution < -0.4 is 4.74 Å². The van der Waals surface area contributed by atoms with Gasteiger partial charge in [0.25, 0.3) is 0 Å². The third-order valence-corrected chi connectivity index (χ3v) is 3.42. The largest absolute Gasteiger partial charge is 0.492 e. The maximum Gasteiger partial charge on any atom is 0.126 e. The summed E-state index contributed by atoms with van der Waals surface area (Å²) in [5.41, 5.74) is 2.77. The van der Waals surface area contributed by atoms with Gasteiger partial charge in [0.1, 0.15) is 12.4 Å². The van der Waals surface area contributed by atoms with Crippen LogP contribution in [-0.2, 0) is 10.8 Å². The van der Waals surface area contributed by atoms with Gasteiger partial charge < -0.3 is 9.64 Å². The smallest absolute Gasteiger partial charge is 0.126 e. The Hall–Kier alpha value is -1.02. The minimum Gasteiger partial charge on any atom is -0.492 e. The van der Waals surface area contributed by atoms with Gasteiger partial charge in [0.15, 0.2) is 0 Å². The van der Waals surface area contributed by atoms with Crippen LogP contribution >= 0.6 is 0 Å². The summed E-state index contributed by atoms with van der Waals surface area (Å²) < 4.78 is 6.19. The summed E-state index contributed by atoms with van der Waals surface area (Å²) in [5.74, 6) is 1.08. The number of benzene rings is 1. The first-order chi connectivity index (χ1) is 9.03. The second kappa shape index (κ2) is 6.17. The van der Waals surface area contributed by atoms with Crippen molar-refractivity contribution in [3.8, 4) is 5.75 Å². The van der Waals surface area contributed by atoms with Crippen LogP contribution in [-0.4, -0.2) is 32.1 Å². The van der Waals surface area contributed by atoms with Crippen molar-refractivity contribution in [3.05, 3.63) is 29.3 Å². The Morgan fingerprint density at radius 2 is 1.35 bits per heavy atom. The minimum absolute atomic E-state index is 0.0920. The average Bonchev–Trinajstić information content (AvgIpc) is 2.25. The Labute approximate surface area is 125 Å². The molecule has 1 aromatic carbocycles. The van der Waals surface area contributed by atoms with E-state index < -0.39 is 0 Å². The molecule has 0 spiro atoms. The van der Waals surface area contributed by atoms with Gasteiger partial charge >= 0.3 is 0 Å². The number of hydrogen-bond donors (Lipinski definition) is 0. The molecule has 0 heterocycles. The van der Waals surface area contributed by atoms with Gasteiger partial charge in [-0.25, -0.2) is 0 Å². The molecular formula is C18H31NO. The number of ether oxygens (including phenoxy) is 1. The molecule has 0 radical (unpaired) electrons. The van der Waals surface area contributed by atoms with Gasteiger partial charge in [-0.15, -0.1) is 0 Å². The van der Waals surface area contributed by atoms with Crippen molar-refractivity contribution in [3.63, 3.8) is 0 Å². The van der Waals surface area contributed by atoms with Crippen molar-refractivity contribution >= 4 is 0 Å². The summed E-state index contributed by atoms with van der Waals surface area (Å²) in [6.45, 7) is 15.1. The molecule has 0 unspecified atom stereocenters. The highest BCUT2D eigenvalue weighted by Gasteiger charge is 2.26. The molecule has 1 aromatic rings. The Kier molecular flexibility index (Phi) is 5.26. The number of likely N-dealkylation sites (N-methyl/N-ethyl adjacent to an activating group) is 1. The molecular weight excluding hydrogens is 246 g/mol. The summed E-state index contributed by atoms with van der Waals surface area (Å²) in [6, 6.07) is 6.54. The van der Waals surface area contributed by atoms with Crippen molar-refractivity contribution in [2.75, 3.05) is 27.2 Å². The number of rotatable bonds is 4. The SMILES string of the molecule is CN(C)CCOc1c(C(C)(C)C)cccc1C(C)(C)C. The molecule has 2 heteroatoms. The van der Waals surface area contributed by atoms with Crippen molar-refractivity contribution in [2.45, 2.75) is 52.4 Å². The van der Waals surface area contributed by atoms with Crippen LogP contribution in [0.25, 0.3) is 0 Å². The molecule has 0 aliphatic heterocycles. The number of para-hydroxylation sites is 1. The highest BCUT2D eigenvalue weighted by atomic mass is 16.5. The Morgan fingerprint density at radius 1 is 0.900 bits per heavy atom. The van der Waals surface area contributed by atoms with E-state index in [0.29, 0.717) is 0 Å². The topological polar surface area (TPSA) is 12.5 Å². The summed E-state index contributed by atoms with van der Waals surface area (Å²) >= 11 is 0. The maximum atomic E-state index is 6.19. The van der Waals surface area contributed by atoms with Gasteiger partial charge in [-0.1, -0.05) is 59.7 Å². The molecule has 0 aliphatic rings. The molecule has 0 saturated carbocycles. The molecule has 0 saturated heterocycles. The van der Waals surface area contributed by atoms with E-state index >= 15 is 0 Å². The van der Waals surface area contributed by atoms with Crippen molar-refractivity contribution < 1.29 is 4.74 Å². The molecule has 114 valence electrons. The molecule has 0 aromatic heterocycles. The first-order valence-corrected chi connectivity index (χ1v) is 7.45. The molecule has 2 nitrogen and oxygen atoms in total. The van der Waals surface area contributed by atoms with Crippen molar-refractivity contribution in [1.29, 1.82) is 0 Å². The van der Waals surface area contributed by atoms with Gasteiger partial charge in [0, 0.05) is 6.54 Å². The van der Waals surface area contributed by atoms with E-state index in [4.69, 9.17) is 4.74 Å². The monoisotopic (exact) mass is 277 g/mol. The van der Waals surface area contributed by atoms with E-state index in [1.54, 1.807) is 0 Å². The van der Waals surface area contributed by atoms with Crippen molar-refractivity contribution in [2.24, 2.45) is 0 Å². The molecule has 20 heavy (non-hydrogen) atoms. The Balaban J connectivity index is 3.19. The van der Waals surface area contributed by atoms with Gasteiger partial charge in [-0.2, -0.15) is 0 Å². The van der Waals surface area contributed by atoms with Crippen LogP contribution in [0, 0.1) is 0 Å². The fraction of sp³-hybridized carbons (Fsp3) is 0.667. The number of nitrogens with zero attached hydrogens (tertiary/aromatic N) is 1. The molecule has 0 aliphatic carbocycles. The fourth-order valence-corrected chi connectivity index (χ4v) is 2.20. The minimum atomic E-state index is 0.0920. The summed E-state index contributed by atoms with van der Waals surface area (Å²) in [4.78, 5) is 2.15. The second-order valence-corrected chi connectivity index (χ2v) is 7.83. The quantitative estimate of drug-likeness (QED) is 0.817. The van der Waals surface area contributed by atoms with Gasteiger partial charge in [-0.3, -0.25) is 0 Å². The molecule has 1 rings (SSSR count). The molecule has 0 amide bonds. The van der Waals surface area contributed by atoms with E-state index in [2.05, 4.69) is 78.7 Å². The third-order valence-electron chi connectivity index (χ3n) is 3.42. The van der Waals surface area contributed by atoms with E-state index in [-0.39, 0.29) is 10.8 Å². The normalized spacial score (nSPS) is 12.8. The summed E-state index contributed by atoms with van der Waals surface area (Å²) in [6.07, 6.45) is 0. The van der Waals surface area contributed by atoms with E-state index in [1.165, 1.54) is 11.1 Å². The lowest BCUT2D eigenvalue weighted by atomic mass is 9.79. The maximum absolute atomic E-state index is 6.19. The molecule has 0 atom stereocenters. The lowest BCUT2D eigenvalue weighted by molar-refractivity contribution is 0.252. The van der Waals surface area contributed by atoms with E-state index in [0.717, 1.165) is 18.9 Å². The summed E-state index contributed by atoms with van der Waals surface area (Å²) in [5, 5.41) is 0. The first-order valence-electron chi connectivity index (χ1n) is 7.45. The third kappa shape index (κ3) is 4.52. The van der Waals surface area contributed by atoms with Gasteiger partial charge in [0.2, 0.25) is 0 Å². The van der Waals surface area contributed by atoms with E-state index in [9.17, 15) is 0 Å². The van der Waals surface area contributed by atoms with E-state index in [1.807, 2.05) is 0 Å². The Morgan fingerprint density at radius 3 is 1.70 bits per heavy atom. The second-order valence-electron chi connectivity index (χ2n) is 7.83. The standard InChI is InChI=1S/C18H31NO/c1-17(2,3)14-10-9-11-15(18(4,5)6)16(14)20-13-12-19(7)8/h9-11H,12-13H2,1-8H3. The zero-order chi connectivity index (χ0) is 15.6. The summed E-state index contributed by atoms with van der Waals surface area (Å²) in [7, 11) is 4.15. The predicted molar refractivity (Wildman–Crippen MR) is 87.9 cm³/mol. The zero-order valence-electron chi connectivity index (χ0n) is 14.5. The Bertz CT molecular complexity index is 403. The van der Waals surface area contributed by atoms with Crippen LogP contribution in [0.15, 0.2) is 18.2 Å². The van der Waals surface area contributed by atoms with Gasteiger partial charge in [-0.05, 0) is 36.1 Å². The first kappa shape index (κ1) is 17.0. The van der Waals surface area contributed by atoms with Gasteiger partial charge in [0.05, 0.1) is 0 Å². The lowest BCUT2D eigenvalue weighted by Gasteiger charge is -2.29. The number of hydrogen-bond acceptors (Lipinski definition) is 2. The fourth-order valence-electron chi connectivity index (χ4n) is 2.20. The van der Waals surface area contributed by atoms with Crippen LogP contribution in [0.2, 0.25) is 0 Å². The molecule has 0 fully saturated rings. The van der Waals surface area contributed by atoms with Crippen LogP contribution in [0.4, 0.5) is 0 Å².